The number of alkyl halides is 4. The van der Waals surface area contributed by atoms with Crippen LogP contribution in [0, 0.1) is 0 Å². The van der Waals surface area contributed by atoms with Crippen LogP contribution in [0.15, 0.2) is 30.6 Å². The largest absolute Gasteiger partial charge is 0.447 e. The Kier molecular flexibility index (Phi) is 10.4. The van der Waals surface area contributed by atoms with E-state index in [-0.39, 0.29) is 42.9 Å². The van der Waals surface area contributed by atoms with Crippen molar-refractivity contribution in [3.05, 3.63) is 47.3 Å². The first-order valence-electron chi connectivity index (χ1n) is 14.3. The molecule has 0 aliphatic carbocycles. The number of nitrogens with one attached hydrogen (secondary N) is 1. The number of rotatable bonds is 9. The van der Waals surface area contributed by atoms with Crippen molar-refractivity contribution < 1.29 is 27.5 Å². The molecule has 9 nitrogen and oxygen atoms in total. The highest BCUT2D eigenvalue weighted by Gasteiger charge is 2.41. The van der Waals surface area contributed by atoms with Crippen LogP contribution in [-0.4, -0.2) is 64.3 Å². The molecule has 1 N–H and O–H groups in total. The van der Waals surface area contributed by atoms with Gasteiger partial charge in [-0.2, -0.15) is 13.2 Å². The molecule has 2 aliphatic heterocycles. The van der Waals surface area contributed by atoms with Crippen molar-refractivity contribution in [1.29, 1.82) is 0 Å². The molecule has 1 aromatic carbocycles. The number of nitrogens with zero attached hydrogens (tertiary/aromatic N) is 5. The predicted octanol–water partition coefficient (Wildman–Crippen LogP) is 6.53. The van der Waals surface area contributed by atoms with Crippen molar-refractivity contribution in [2.45, 2.75) is 94.8 Å². The van der Waals surface area contributed by atoms with E-state index in [0.29, 0.717) is 66.0 Å². The highest BCUT2D eigenvalue weighted by Crippen LogP contribution is 2.35. The van der Waals surface area contributed by atoms with E-state index in [1.165, 1.54) is 12.1 Å². The van der Waals surface area contributed by atoms with Crippen LogP contribution >= 0.6 is 22.6 Å². The molecule has 1 aromatic heterocycles. The van der Waals surface area contributed by atoms with E-state index in [4.69, 9.17) is 4.74 Å². The first-order valence-corrected chi connectivity index (χ1v) is 15.9. The fraction of sp³-hybridized carbons (Fsp3) is 0.586. The second kappa shape index (κ2) is 13.6. The number of ether oxygens (including phenoxy) is 1. The van der Waals surface area contributed by atoms with Crippen LogP contribution in [0.2, 0.25) is 0 Å². The molecule has 42 heavy (non-hydrogen) atoms. The van der Waals surface area contributed by atoms with Crippen molar-refractivity contribution in [2.75, 3.05) is 22.9 Å². The summed E-state index contributed by atoms with van der Waals surface area (Å²) in [5.74, 6) is 0.361. The SMILES string of the molecule is CC[C@@H]1C[C@H](N(Cc2cc(CI)cc(C(F)(F)F)c2)c2ncc(N3CCNC3=O)cn2)C[C@H](CC)N1C(=O)OC(C)C. The molecule has 13 heteroatoms. The average molecular weight is 703 g/mol. The van der Waals surface area contributed by atoms with E-state index in [2.05, 4.69) is 37.9 Å². The van der Waals surface area contributed by atoms with Gasteiger partial charge in [-0.05, 0) is 62.8 Å². The van der Waals surface area contributed by atoms with E-state index in [1.54, 1.807) is 23.4 Å². The summed E-state index contributed by atoms with van der Waals surface area (Å²) in [7, 11) is 0. The maximum Gasteiger partial charge on any atom is 0.416 e. The number of carbonyl (C=O) groups excluding carboxylic acids is 2. The molecule has 0 radical (unpaired) electrons. The normalized spacial score (nSPS) is 21.1. The van der Waals surface area contributed by atoms with E-state index in [9.17, 15) is 22.8 Å². The lowest BCUT2D eigenvalue weighted by Crippen LogP contribution is -2.57. The van der Waals surface area contributed by atoms with E-state index < -0.39 is 11.7 Å². The van der Waals surface area contributed by atoms with Gasteiger partial charge >= 0.3 is 18.3 Å². The minimum absolute atomic E-state index is 0.124. The predicted molar refractivity (Wildman–Crippen MR) is 163 cm³/mol. The molecule has 3 amide bonds. The number of hydrogen-bond donors (Lipinski definition) is 1. The standard InChI is InChI=1S/C29H38F3IN6O3/c1-5-22-12-24(13-23(6-2)39(22)28(41)42-18(3)4)38(17-20-9-19(14-33)10-21(11-20)29(30,31)32)26-35-15-25(16-36-26)37-8-7-34-27(37)40/h9-11,15-16,18,22-24H,5-8,12-14,17H2,1-4H3,(H,34,40)/t22-,23+,24+. The van der Waals surface area contributed by atoms with Crippen molar-refractivity contribution in [3.63, 3.8) is 0 Å². The van der Waals surface area contributed by atoms with E-state index in [1.807, 2.05) is 37.5 Å². The van der Waals surface area contributed by atoms with Crippen molar-refractivity contribution in [3.8, 4) is 0 Å². The molecule has 0 unspecified atom stereocenters. The zero-order valence-corrected chi connectivity index (χ0v) is 26.5. The Hall–Kier alpha value is -2.84. The van der Waals surface area contributed by atoms with Crippen LogP contribution in [0.3, 0.4) is 0 Å². The summed E-state index contributed by atoms with van der Waals surface area (Å²) >= 11 is 2.07. The van der Waals surface area contributed by atoms with Gasteiger partial charge in [0.05, 0.1) is 29.7 Å². The third-order valence-electron chi connectivity index (χ3n) is 7.74. The van der Waals surface area contributed by atoms with Crippen LogP contribution < -0.4 is 15.1 Å². The first kappa shape index (κ1) is 32.1. The number of piperidine rings is 1. The number of halogens is 4. The van der Waals surface area contributed by atoms with Gasteiger partial charge in [0.2, 0.25) is 5.95 Å². The third-order valence-corrected chi connectivity index (χ3v) is 8.62. The Labute approximate surface area is 258 Å². The van der Waals surface area contributed by atoms with Crippen LogP contribution in [0.1, 0.15) is 70.1 Å². The van der Waals surface area contributed by atoms with E-state index >= 15 is 0 Å². The smallest absolute Gasteiger partial charge is 0.416 e. The molecule has 230 valence electrons. The van der Waals surface area contributed by atoms with Gasteiger partial charge in [-0.15, -0.1) is 0 Å². The zero-order valence-electron chi connectivity index (χ0n) is 24.3. The molecule has 4 rings (SSSR count). The summed E-state index contributed by atoms with van der Waals surface area (Å²) in [6.45, 7) is 8.86. The maximum atomic E-state index is 13.8. The Morgan fingerprint density at radius 3 is 2.24 bits per heavy atom. The first-order chi connectivity index (χ1) is 19.9. The molecule has 2 aromatic rings. The van der Waals surface area contributed by atoms with E-state index in [0.717, 1.165) is 0 Å². The van der Waals surface area contributed by atoms with Gasteiger partial charge in [0.1, 0.15) is 0 Å². The highest BCUT2D eigenvalue weighted by molar-refractivity contribution is 14.1. The fourth-order valence-electron chi connectivity index (χ4n) is 5.77. The molecule has 2 saturated heterocycles. The number of aromatic nitrogens is 2. The van der Waals surface area contributed by atoms with Crippen molar-refractivity contribution in [1.82, 2.24) is 20.2 Å². The number of hydrogen-bond acceptors (Lipinski definition) is 6. The Morgan fingerprint density at radius 1 is 1.12 bits per heavy atom. The second-order valence-electron chi connectivity index (χ2n) is 11.0. The summed E-state index contributed by atoms with van der Waals surface area (Å²) in [6, 6.07) is 3.54. The minimum Gasteiger partial charge on any atom is -0.447 e. The number of benzene rings is 1. The van der Waals surface area contributed by atoms with Crippen LogP contribution in [0.4, 0.5) is 34.4 Å². The van der Waals surface area contributed by atoms with Gasteiger partial charge in [0, 0.05) is 42.2 Å². The maximum absolute atomic E-state index is 13.8. The Bertz CT molecular complexity index is 1230. The van der Waals surface area contributed by atoms with Gasteiger partial charge in [-0.25, -0.2) is 19.6 Å². The second-order valence-corrected chi connectivity index (χ2v) is 11.8. The van der Waals surface area contributed by atoms with Crippen molar-refractivity contribution in [2.24, 2.45) is 0 Å². The van der Waals surface area contributed by atoms with Crippen LogP contribution in [0.25, 0.3) is 0 Å². The molecule has 2 aliphatic rings. The quantitative estimate of drug-likeness (QED) is 0.236. The number of carbonyl (C=O) groups is 2. The summed E-state index contributed by atoms with van der Waals surface area (Å²) in [5.41, 5.74) is 0.947. The molecule has 2 fully saturated rings. The molecular formula is C29H38F3IN6O3. The van der Waals surface area contributed by atoms with Gasteiger partial charge in [-0.3, -0.25) is 4.90 Å². The molecule has 0 bridgehead atoms. The van der Waals surface area contributed by atoms with Gasteiger partial charge < -0.3 is 19.9 Å². The molecular weight excluding hydrogens is 664 g/mol. The molecule has 3 heterocycles. The lowest BCUT2D eigenvalue weighted by molar-refractivity contribution is -0.137. The monoisotopic (exact) mass is 702 g/mol. The topological polar surface area (TPSA) is 90.9 Å². The summed E-state index contributed by atoms with van der Waals surface area (Å²) < 4.78 is 47.4. The summed E-state index contributed by atoms with van der Waals surface area (Å²) in [6.07, 6.45) is 0.635. The minimum atomic E-state index is -4.47. The number of anilines is 2. The third kappa shape index (κ3) is 7.38. The van der Waals surface area contributed by atoms with Crippen molar-refractivity contribution >= 4 is 46.4 Å². The number of urea groups is 1. The highest BCUT2D eigenvalue weighted by atomic mass is 127. The van der Waals surface area contributed by atoms with Crippen LogP contribution in [0.5, 0.6) is 0 Å². The molecule has 3 atom stereocenters. The number of likely N-dealkylation sites (tertiary alicyclic amines) is 1. The molecule has 0 saturated carbocycles. The Morgan fingerprint density at radius 2 is 1.74 bits per heavy atom. The molecule has 0 spiro atoms. The number of amides is 3. The lowest BCUT2D eigenvalue weighted by Gasteiger charge is -2.47. The Balaban J connectivity index is 1.71. The van der Waals surface area contributed by atoms with Gasteiger partial charge in [0.15, 0.2) is 0 Å². The lowest BCUT2D eigenvalue weighted by atomic mass is 9.87. The average Bonchev–Trinajstić information content (AvgIpc) is 3.39. The van der Waals surface area contributed by atoms with Gasteiger partial charge in [-0.1, -0.05) is 42.5 Å². The summed E-state index contributed by atoms with van der Waals surface area (Å²) in [4.78, 5) is 39.8. The zero-order chi connectivity index (χ0) is 30.6. The van der Waals surface area contributed by atoms with Gasteiger partial charge in [0.25, 0.3) is 0 Å². The van der Waals surface area contributed by atoms with Crippen LogP contribution in [-0.2, 0) is 21.9 Å². The summed E-state index contributed by atoms with van der Waals surface area (Å²) in [5, 5.41) is 2.75. The fourth-order valence-corrected chi connectivity index (χ4v) is 6.21.